The van der Waals surface area contributed by atoms with Crippen LogP contribution in [0.1, 0.15) is 26.3 Å². The third kappa shape index (κ3) is 3.40. The number of benzene rings is 1. The summed E-state index contributed by atoms with van der Waals surface area (Å²) in [5.41, 5.74) is 2.16. The molecule has 0 radical (unpaired) electrons. The van der Waals surface area contributed by atoms with E-state index in [9.17, 15) is 4.79 Å². The van der Waals surface area contributed by atoms with Gasteiger partial charge in [-0.15, -0.1) is 0 Å². The number of halogens is 2. The second-order valence-electron chi connectivity index (χ2n) is 4.92. The summed E-state index contributed by atoms with van der Waals surface area (Å²) in [6.45, 7) is 6.11. The fraction of sp³-hybridized carbons (Fsp3) is 0.429. The monoisotopic (exact) mass is 418 g/mol. The molecule has 1 aromatic heterocycles. The zero-order valence-electron chi connectivity index (χ0n) is 11.5. The molecule has 0 aliphatic carbocycles. The van der Waals surface area contributed by atoms with Crippen molar-refractivity contribution < 1.29 is 4.79 Å². The molecule has 6 heteroatoms. The highest BCUT2D eigenvalue weighted by Gasteiger charge is 2.20. The van der Waals surface area contributed by atoms with Crippen molar-refractivity contribution in [2.75, 3.05) is 5.32 Å². The zero-order chi connectivity index (χ0) is 14.9. The van der Waals surface area contributed by atoms with Crippen LogP contribution in [0.15, 0.2) is 16.6 Å². The SMILES string of the molecule is CCc1cc(Br)cc2sc(NC(=O)[C@H](Br)C(C)C)nc12. The van der Waals surface area contributed by atoms with Crippen LogP contribution in [0, 0.1) is 5.92 Å². The van der Waals surface area contributed by atoms with Crippen LogP contribution in [0.5, 0.6) is 0 Å². The van der Waals surface area contributed by atoms with E-state index in [1.807, 2.05) is 19.9 Å². The zero-order valence-corrected chi connectivity index (χ0v) is 15.5. The van der Waals surface area contributed by atoms with Gasteiger partial charge < -0.3 is 5.32 Å². The molecular weight excluding hydrogens is 404 g/mol. The van der Waals surface area contributed by atoms with Gasteiger partial charge in [-0.2, -0.15) is 0 Å². The minimum atomic E-state index is -0.202. The Kier molecular flexibility index (Phi) is 5.20. The van der Waals surface area contributed by atoms with Crippen LogP contribution in [-0.2, 0) is 11.2 Å². The van der Waals surface area contributed by atoms with Gasteiger partial charge >= 0.3 is 0 Å². The molecule has 1 aromatic carbocycles. The Hall–Kier alpha value is -0.460. The first kappa shape index (κ1) is 15.9. The number of aryl methyl sites for hydroxylation is 1. The van der Waals surface area contributed by atoms with E-state index in [0.717, 1.165) is 21.1 Å². The van der Waals surface area contributed by atoms with Crippen molar-refractivity contribution >= 4 is 64.5 Å². The first-order valence-corrected chi connectivity index (χ1v) is 8.98. The van der Waals surface area contributed by atoms with Gasteiger partial charge in [0.15, 0.2) is 5.13 Å². The van der Waals surface area contributed by atoms with Gasteiger partial charge in [-0.25, -0.2) is 4.98 Å². The molecular formula is C14H16Br2N2OS. The molecule has 0 fully saturated rings. The minimum absolute atomic E-state index is 0.0452. The Morgan fingerprint density at radius 2 is 2.15 bits per heavy atom. The third-order valence-electron chi connectivity index (χ3n) is 2.99. The van der Waals surface area contributed by atoms with Crippen LogP contribution in [0.25, 0.3) is 10.2 Å². The molecule has 0 aliphatic heterocycles. The normalized spacial score (nSPS) is 12.9. The molecule has 1 heterocycles. The topological polar surface area (TPSA) is 42.0 Å². The highest BCUT2D eigenvalue weighted by Crippen LogP contribution is 2.32. The molecule has 0 bridgehead atoms. The molecule has 0 aliphatic rings. The second-order valence-corrected chi connectivity index (χ2v) is 7.85. The smallest absolute Gasteiger partial charge is 0.240 e. The lowest BCUT2D eigenvalue weighted by molar-refractivity contribution is -0.116. The van der Waals surface area contributed by atoms with E-state index in [4.69, 9.17) is 0 Å². The van der Waals surface area contributed by atoms with Crippen molar-refractivity contribution in [3.63, 3.8) is 0 Å². The van der Waals surface area contributed by atoms with E-state index in [1.54, 1.807) is 0 Å². The van der Waals surface area contributed by atoms with Gasteiger partial charge in [0.05, 0.1) is 15.0 Å². The van der Waals surface area contributed by atoms with E-state index >= 15 is 0 Å². The van der Waals surface area contributed by atoms with Gasteiger partial charge in [0.1, 0.15) is 0 Å². The van der Waals surface area contributed by atoms with E-state index in [2.05, 4.69) is 55.2 Å². The van der Waals surface area contributed by atoms with Gasteiger partial charge in [0, 0.05) is 4.47 Å². The maximum Gasteiger partial charge on any atom is 0.240 e. The summed E-state index contributed by atoms with van der Waals surface area (Å²) in [6, 6.07) is 4.12. The number of fused-ring (bicyclic) bond motifs is 1. The molecule has 0 saturated carbocycles. The number of hydrogen-bond acceptors (Lipinski definition) is 3. The first-order chi connectivity index (χ1) is 9.42. The predicted octanol–water partition coefficient (Wildman–Crippen LogP) is 4.98. The number of amides is 1. The number of aromatic nitrogens is 1. The largest absolute Gasteiger partial charge is 0.301 e. The number of carbonyl (C=O) groups is 1. The van der Waals surface area contributed by atoms with E-state index in [0.29, 0.717) is 5.13 Å². The van der Waals surface area contributed by atoms with Gasteiger partial charge in [-0.1, -0.05) is 64.0 Å². The molecule has 1 N–H and O–H groups in total. The summed E-state index contributed by atoms with van der Waals surface area (Å²) in [5, 5.41) is 3.54. The molecule has 1 atom stereocenters. The Balaban J connectivity index is 2.31. The first-order valence-electron chi connectivity index (χ1n) is 6.46. The van der Waals surface area contributed by atoms with Crippen LogP contribution >= 0.6 is 43.2 Å². The Labute approximate surface area is 139 Å². The van der Waals surface area contributed by atoms with Crippen LogP contribution in [0.3, 0.4) is 0 Å². The number of rotatable bonds is 4. The average Bonchev–Trinajstić information content (AvgIpc) is 2.78. The van der Waals surface area contributed by atoms with E-state index < -0.39 is 0 Å². The van der Waals surface area contributed by atoms with Crippen LogP contribution in [-0.4, -0.2) is 15.7 Å². The molecule has 2 aromatic rings. The number of thiazole rings is 1. The van der Waals surface area contributed by atoms with Crippen molar-refractivity contribution in [2.45, 2.75) is 32.0 Å². The number of nitrogens with one attached hydrogen (secondary N) is 1. The highest BCUT2D eigenvalue weighted by molar-refractivity contribution is 9.10. The Bertz CT molecular complexity index is 639. The van der Waals surface area contributed by atoms with Crippen LogP contribution in [0.4, 0.5) is 5.13 Å². The fourth-order valence-corrected chi connectivity index (χ4v) is 3.59. The van der Waals surface area contributed by atoms with Gasteiger partial charge in [0.2, 0.25) is 5.91 Å². The molecule has 20 heavy (non-hydrogen) atoms. The third-order valence-corrected chi connectivity index (χ3v) is 5.83. The van der Waals surface area contributed by atoms with Crippen LogP contribution < -0.4 is 5.32 Å². The lowest BCUT2D eigenvalue weighted by Crippen LogP contribution is -2.26. The average molecular weight is 420 g/mol. The minimum Gasteiger partial charge on any atom is -0.301 e. The summed E-state index contributed by atoms with van der Waals surface area (Å²) in [7, 11) is 0. The van der Waals surface area contributed by atoms with E-state index in [1.165, 1.54) is 16.9 Å². The van der Waals surface area contributed by atoms with Crippen molar-refractivity contribution in [2.24, 2.45) is 5.92 Å². The van der Waals surface area contributed by atoms with Gasteiger partial charge in [0.25, 0.3) is 0 Å². The molecule has 0 spiro atoms. The fourth-order valence-electron chi connectivity index (χ4n) is 1.86. The number of alkyl halides is 1. The molecule has 0 saturated heterocycles. The van der Waals surface area contributed by atoms with Gasteiger partial charge in [-0.05, 0) is 30.0 Å². The summed E-state index contributed by atoms with van der Waals surface area (Å²) in [6.07, 6.45) is 0.917. The lowest BCUT2D eigenvalue weighted by atomic mass is 10.1. The lowest BCUT2D eigenvalue weighted by Gasteiger charge is -2.11. The van der Waals surface area contributed by atoms with Crippen molar-refractivity contribution in [3.05, 3.63) is 22.2 Å². The number of hydrogen-bond donors (Lipinski definition) is 1. The van der Waals surface area contributed by atoms with Crippen LogP contribution in [0.2, 0.25) is 0 Å². The summed E-state index contributed by atoms with van der Waals surface area (Å²) >= 11 is 8.42. The number of carbonyl (C=O) groups excluding carboxylic acids is 1. The van der Waals surface area contributed by atoms with Crippen molar-refractivity contribution in [3.8, 4) is 0 Å². The predicted molar refractivity (Wildman–Crippen MR) is 92.9 cm³/mol. The quantitative estimate of drug-likeness (QED) is 0.710. The maximum atomic E-state index is 12.1. The van der Waals surface area contributed by atoms with Gasteiger partial charge in [-0.3, -0.25) is 4.79 Å². The summed E-state index contributed by atoms with van der Waals surface area (Å²) in [5.74, 6) is 0.195. The molecule has 108 valence electrons. The maximum absolute atomic E-state index is 12.1. The molecule has 2 rings (SSSR count). The van der Waals surface area contributed by atoms with E-state index in [-0.39, 0.29) is 16.7 Å². The number of anilines is 1. The summed E-state index contributed by atoms with van der Waals surface area (Å²) < 4.78 is 2.13. The second kappa shape index (κ2) is 6.54. The van der Waals surface area contributed by atoms with Crippen molar-refractivity contribution in [1.29, 1.82) is 0 Å². The van der Waals surface area contributed by atoms with Crippen molar-refractivity contribution in [1.82, 2.24) is 4.98 Å². The molecule has 0 unspecified atom stereocenters. The Morgan fingerprint density at radius 1 is 1.45 bits per heavy atom. The molecule has 1 amide bonds. The highest BCUT2D eigenvalue weighted by atomic mass is 79.9. The number of nitrogens with zero attached hydrogens (tertiary/aromatic N) is 1. The molecule has 3 nitrogen and oxygen atoms in total. The summed E-state index contributed by atoms with van der Waals surface area (Å²) in [4.78, 5) is 16.4. The Morgan fingerprint density at radius 3 is 2.75 bits per heavy atom. The standard InChI is InChI=1S/C14H16Br2N2OS/c1-4-8-5-9(15)6-10-12(8)17-14(20-10)18-13(19)11(16)7(2)3/h5-7,11H,4H2,1-3H3,(H,17,18,19)/t11-/m1/s1.